The van der Waals surface area contributed by atoms with Gasteiger partial charge in [0.1, 0.15) is 11.7 Å². The number of phenolic OH excluding ortho intramolecular Hbond substituents is 1. The number of aromatic nitrogens is 1. The van der Waals surface area contributed by atoms with Crippen LogP contribution in [0.2, 0.25) is 0 Å². The molecule has 0 saturated carbocycles. The van der Waals surface area contributed by atoms with Gasteiger partial charge in [0.15, 0.2) is 6.20 Å². The van der Waals surface area contributed by atoms with Crippen LogP contribution in [0.3, 0.4) is 0 Å². The molecule has 4 nitrogen and oxygen atoms in total. The summed E-state index contributed by atoms with van der Waals surface area (Å²) in [6, 6.07) is 26.5. The van der Waals surface area contributed by atoms with Gasteiger partial charge in [0.05, 0.1) is 16.5 Å². The minimum absolute atomic E-state index is 0.297. The van der Waals surface area contributed by atoms with E-state index in [9.17, 15) is 18.3 Å². The van der Waals surface area contributed by atoms with Crippen molar-refractivity contribution in [3.8, 4) is 11.4 Å². The van der Waals surface area contributed by atoms with E-state index >= 15 is 0 Å². The lowest BCUT2D eigenvalue weighted by atomic mass is 9.98. The predicted molar refractivity (Wildman–Crippen MR) is 112 cm³/mol. The van der Waals surface area contributed by atoms with Gasteiger partial charge in [0, 0.05) is 17.7 Å². The number of alkyl halides is 3. The molecular weight excluding hydrogens is 419 g/mol. The maximum atomic E-state index is 10.5. The Hall–Kier alpha value is -4.13. The standard InChI is InChI=1S/C23H15NO.C2HF3O2/c25-22-12-6-2-8-17(22)15-20-19-10-4-5-11-21(19)24-14-13-16-7-1-3-9-18(16)23(20)24;3-2(4,5)1(6)7/h1-15H;(H,6,7). The van der Waals surface area contributed by atoms with Gasteiger partial charge in [-0.25, -0.2) is 0 Å². The van der Waals surface area contributed by atoms with Crippen LogP contribution in [-0.4, -0.2) is 17.3 Å². The van der Waals surface area contributed by atoms with Gasteiger partial charge in [-0.15, -0.1) is 0 Å². The Balaban J connectivity index is 0.000000307. The fraction of sp³-hybridized carbons (Fsp3) is 0.0400. The van der Waals surface area contributed by atoms with E-state index in [-0.39, 0.29) is 0 Å². The molecule has 0 spiro atoms. The van der Waals surface area contributed by atoms with Crippen molar-refractivity contribution < 1.29 is 32.7 Å². The smallest absolute Gasteiger partial charge is 0.430 e. The molecule has 1 aliphatic rings. The first-order chi connectivity index (χ1) is 15.3. The molecule has 0 amide bonds. The number of carboxylic acid groups (broad SMARTS) is 1. The fourth-order valence-corrected chi connectivity index (χ4v) is 3.64. The number of para-hydroxylation sites is 2. The second-order valence-electron chi connectivity index (χ2n) is 7.04. The summed E-state index contributed by atoms with van der Waals surface area (Å²) in [5.41, 5.74) is 5.48. The lowest BCUT2D eigenvalue weighted by molar-refractivity contribution is -0.592. The van der Waals surface area contributed by atoms with Crippen LogP contribution in [0.1, 0.15) is 16.8 Å². The molecule has 0 atom stereocenters. The minimum Gasteiger partial charge on any atom is -0.542 e. The van der Waals surface area contributed by atoms with Crippen LogP contribution in [0.15, 0.2) is 85.1 Å². The average molecular weight is 435 g/mol. The van der Waals surface area contributed by atoms with Crippen molar-refractivity contribution in [2.24, 2.45) is 0 Å². The van der Waals surface area contributed by atoms with Gasteiger partial charge in [-0.05, 0) is 29.7 Å². The molecule has 5 rings (SSSR count). The number of aliphatic carboxylic acids is 1. The van der Waals surface area contributed by atoms with E-state index in [1.54, 1.807) is 6.07 Å². The first kappa shape index (κ1) is 21.1. The predicted octanol–water partition coefficient (Wildman–Crippen LogP) is 4.02. The van der Waals surface area contributed by atoms with Crippen LogP contribution in [-0.2, 0) is 4.79 Å². The summed E-state index contributed by atoms with van der Waals surface area (Å²) in [5.74, 6) is -2.71. The average Bonchev–Trinajstić information content (AvgIpc) is 3.09. The zero-order chi connectivity index (χ0) is 22.9. The summed E-state index contributed by atoms with van der Waals surface area (Å²) in [6.07, 6.45) is -0.984. The molecule has 32 heavy (non-hydrogen) atoms. The van der Waals surface area contributed by atoms with Crippen LogP contribution in [0.4, 0.5) is 13.2 Å². The fourth-order valence-electron chi connectivity index (χ4n) is 3.64. The number of aromatic hydroxyl groups is 1. The molecule has 3 aromatic carbocycles. The Morgan fingerprint density at radius 3 is 2.25 bits per heavy atom. The first-order valence-corrected chi connectivity index (χ1v) is 9.59. The molecule has 0 radical (unpaired) electrons. The van der Waals surface area contributed by atoms with Gasteiger partial charge in [0.2, 0.25) is 11.4 Å². The molecule has 1 aromatic heterocycles. The third-order valence-electron chi connectivity index (χ3n) is 5.04. The Morgan fingerprint density at radius 1 is 0.906 bits per heavy atom. The molecule has 0 bridgehead atoms. The van der Waals surface area contributed by atoms with Gasteiger partial charge >= 0.3 is 6.18 Å². The van der Waals surface area contributed by atoms with Crippen LogP contribution in [0.5, 0.6) is 5.75 Å². The number of carbonyl (C=O) groups is 1. The normalized spacial score (nSPS) is 13.3. The largest absolute Gasteiger partial charge is 0.542 e. The summed E-state index contributed by atoms with van der Waals surface area (Å²) < 4.78 is 33.8. The van der Waals surface area contributed by atoms with Crippen molar-refractivity contribution in [2.45, 2.75) is 6.18 Å². The minimum atomic E-state index is -5.19. The Kier molecular flexibility index (Phi) is 5.40. The maximum Gasteiger partial charge on any atom is 0.430 e. The van der Waals surface area contributed by atoms with E-state index in [2.05, 4.69) is 71.4 Å². The highest BCUT2D eigenvalue weighted by molar-refractivity contribution is 6.03. The lowest BCUT2D eigenvalue weighted by Gasteiger charge is -2.03. The quantitative estimate of drug-likeness (QED) is 0.405. The van der Waals surface area contributed by atoms with Gasteiger partial charge < -0.3 is 15.0 Å². The molecule has 0 fully saturated rings. The third kappa shape index (κ3) is 3.92. The molecular formula is C25H16F3NO3. The summed E-state index contributed by atoms with van der Waals surface area (Å²) in [5, 5.41) is 21.4. The number of halogens is 3. The molecule has 0 unspecified atom stereocenters. The van der Waals surface area contributed by atoms with Crippen molar-refractivity contribution in [1.29, 1.82) is 0 Å². The van der Waals surface area contributed by atoms with Crippen LogP contribution < -0.4 is 9.67 Å². The van der Waals surface area contributed by atoms with Crippen LogP contribution in [0, 0.1) is 0 Å². The van der Waals surface area contributed by atoms with Crippen LogP contribution in [0.25, 0.3) is 28.1 Å². The summed E-state index contributed by atoms with van der Waals surface area (Å²) in [6.45, 7) is 0. The molecule has 0 aliphatic carbocycles. The number of nitrogens with zero attached hydrogens (tertiary/aromatic N) is 1. The second kappa shape index (κ2) is 8.19. The van der Waals surface area contributed by atoms with E-state index in [0.717, 1.165) is 11.1 Å². The summed E-state index contributed by atoms with van der Waals surface area (Å²) in [7, 11) is 0. The Morgan fingerprint density at radius 2 is 1.53 bits per heavy atom. The second-order valence-corrected chi connectivity index (χ2v) is 7.04. The highest BCUT2D eigenvalue weighted by Gasteiger charge is 2.33. The van der Waals surface area contributed by atoms with E-state index < -0.39 is 12.1 Å². The number of pyridine rings is 1. The molecule has 1 aliphatic heterocycles. The highest BCUT2D eigenvalue weighted by Crippen LogP contribution is 2.37. The van der Waals surface area contributed by atoms with Gasteiger partial charge in [-0.3, -0.25) is 0 Å². The topological polar surface area (TPSA) is 64.2 Å². The summed E-state index contributed by atoms with van der Waals surface area (Å²) in [4.78, 5) is 8.78. The Bertz CT molecular complexity index is 1360. The van der Waals surface area contributed by atoms with Gasteiger partial charge in [0.25, 0.3) is 0 Å². The van der Waals surface area contributed by atoms with Gasteiger partial charge in [-0.2, -0.15) is 17.7 Å². The number of carbonyl (C=O) groups excluding carboxylic acids is 1. The number of hydrogen-bond donors (Lipinski definition) is 1. The van der Waals surface area contributed by atoms with E-state index in [1.165, 1.54) is 27.7 Å². The number of benzene rings is 3. The van der Waals surface area contributed by atoms with Crippen molar-refractivity contribution in [3.05, 3.63) is 102 Å². The monoisotopic (exact) mass is 435 g/mol. The van der Waals surface area contributed by atoms with E-state index in [0.29, 0.717) is 5.75 Å². The van der Waals surface area contributed by atoms with Crippen molar-refractivity contribution in [1.82, 2.24) is 0 Å². The molecule has 2 heterocycles. The molecule has 7 heteroatoms. The summed E-state index contributed by atoms with van der Waals surface area (Å²) >= 11 is 0. The SMILES string of the molecule is O=C([O-])C(F)(F)F.Oc1ccccc1/C=C1\c2ccccc2-[n+]2ccc3ccccc3c21. The molecule has 160 valence electrons. The lowest BCUT2D eigenvalue weighted by Crippen LogP contribution is -2.37. The first-order valence-electron chi connectivity index (χ1n) is 9.59. The Labute approximate surface area is 181 Å². The number of phenols is 1. The number of fused-ring (bicyclic) bond motifs is 5. The maximum absolute atomic E-state index is 10.5. The molecule has 1 N–H and O–H groups in total. The molecule has 0 saturated heterocycles. The third-order valence-corrected chi connectivity index (χ3v) is 5.04. The van der Waals surface area contributed by atoms with Crippen molar-refractivity contribution in [2.75, 3.05) is 0 Å². The van der Waals surface area contributed by atoms with E-state index in [4.69, 9.17) is 9.90 Å². The van der Waals surface area contributed by atoms with Gasteiger partial charge in [-0.1, -0.05) is 48.5 Å². The van der Waals surface area contributed by atoms with Crippen molar-refractivity contribution in [3.63, 3.8) is 0 Å². The van der Waals surface area contributed by atoms with Crippen LogP contribution >= 0.6 is 0 Å². The highest BCUT2D eigenvalue weighted by atomic mass is 19.4. The number of hydrogen-bond acceptors (Lipinski definition) is 3. The number of rotatable bonds is 1. The van der Waals surface area contributed by atoms with E-state index in [1.807, 2.05) is 18.2 Å². The zero-order valence-electron chi connectivity index (χ0n) is 16.5. The molecule has 4 aromatic rings. The number of carboxylic acids is 1. The zero-order valence-corrected chi connectivity index (χ0v) is 16.5. The van der Waals surface area contributed by atoms with Crippen molar-refractivity contribution >= 4 is 28.4 Å².